The molecule has 0 nitrogen and oxygen atoms in total. The Morgan fingerprint density at radius 1 is 1.00 bits per heavy atom. The second-order valence-corrected chi connectivity index (χ2v) is 4.72. The van der Waals surface area contributed by atoms with Crippen LogP contribution in [0.2, 0.25) is 0 Å². The Kier molecular flexibility index (Phi) is 5.75. The second-order valence-electron chi connectivity index (χ2n) is 4.72. The van der Waals surface area contributed by atoms with Crippen LogP contribution in [0.1, 0.15) is 59.3 Å². The van der Waals surface area contributed by atoms with Crippen LogP contribution in [0.3, 0.4) is 0 Å². The molecule has 0 heteroatoms. The molecule has 86 valence electrons. The molecule has 2 unspecified atom stereocenters. The van der Waals surface area contributed by atoms with Gasteiger partial charge >= 0.3 is 0 Å². The molecule has 0 aromatic heterocycles. The summed E-state index contributed by atoms with van der Waals surface area (Å²) in [6, 6.07) is 0. The van der Waals surface area contributed by atoms with Gasteiger partial charge in [0.15, 0.2) is 0 Å². The standard InChI is InChI=1S/C15H26/c1-4-8-13-11-7-12-14(9-5-2)15(13)10-6-3/h7,11-13,15H,4-6,8-10H2,1-3H3. The third kappa shape index (κ3) is 3.52. The molecule has 0 N–H and O–H groups in total. The van der Waals surface area contributed by atoms with Gasteiger partial charge in [-0.2, -0.15) is 0 Å². The molecular weight excluding hydrogens is 180 g/mol. The summed E-state index contributed by atoms with van der Waals surface area (Å²) in [7, 11) is 0. The summed E-state index contributed by atoms with van der Waals surface area (Å²) >= 11 is 0. The molecule has 1 aliphatic rings. The van der Waals surface area contributed by atoms with E-state index in [1.807, 2.05) is 0 Å². The fourth-order valence-corrected chi connectivity index (χ4v) is 2.75. The van der Waals surface area contributed by atoms with E-state index in [1.54, 1.807) is 5.57 Å². The summed E-state index contributed by atoms with van der Waals surface area (Å²) in [5.74, 6) is 1.67. The van der Waals surface area contributed by atoms with Crippen molar-refractivity contribution < 1.29 is 0 Å². The van der Waals surface area contributed by atoms with Crippen molar-refractivity contribution in [2.24, 2.45) is 11.8 Å². The Balaban J connectivity index is 2.67. The van der Waals surface area contributed by atoms with Gasteiger partial charge in [0, 0.05) is 0 Å². The van der Waals surface area contributed by atoms with Crippen molar-refractivity contribution in [3.8, 4) is 0 Å². The quantitative estimate of drug-likeness (QED) is 0.566. The summed E-state index contributed by atoms with van der Waals surface area (Å²) in [4.78, 5) is 0. The molecule has 2 atom stereocenters. The SMILES string of the molecule is CCCC1=CC=CC(CCC)C1CCC. The van der Waals surface area contributed by atoms with Crippen LogP contribution < -0.4 is 0 Å². The first-order valence-electron chi connectivity index (χ1n) is 6.70. The molecule has 15 heavy (non-hydrogen) atoms. The van der Waals surface area contributed by atoms with Gasteiger partial charge in [-0.25, -0.2) is 0 Å². The van der Waals surface area contributed by atoms with E-state index in [-0.39, 0.29) is 0 Å². The van der Waals surface area contributed by atoms with Crippen LogP contribution in [0, 0.1) is 11.8 Å². The zero-order valence-corrected chi connectivity index (χ0v) is 10.6. The summed E-state index contributed by atoms with van der Waals surface area (Å²) < 4.78 is 0. The molecule has 0 aromatic carbocycles. The number of hydrogen-bond donors (Lipinski definition) is 0. The second kappa shape index (κ2) is 6.87. The average molecular weight is 206 g/mol. The first-order chi connectivity index (χ1) is 7.33. The van der Waals surface area contributed by atoms with E-state index in [9.17, 15) is 0 Å². The van der Waals surface area contributed by atoms with E-state index in [4.69, 9.17) is 0 Å². The largest absolute Gasteiger partial charge is 0.0808 e. The monoisotopic (exact) mass is 206 g/mol. The Morgan fingerprint density at radius 2 is 1.73 bits per heavy atom. The first kappa shape index (κ1) is 12.5. The Bertz CT molecular complexity index is 222. The van der Waals surface area contributed by atoms with Gasteiger partial charge in [-0.15, -0.1) is 0 Å². The van der Waals surface area contributed by atoms with Crippen LogP contribution in [0.4, 0.5) is 0 Å². The van der Waals surface area contributed by atoms with E-state index >= 15 is 0 Å². The lowest BCUT2D eigenvalue weighted by molar-refractivity contribution is 0.380. The van der Waals surface area contributed by atoms with Crippen molar-refractivity contribution in [1.29, 1.82) is 0 Å². The fourth-order valence-electron chi connectivity index (χ4n) is 2.75. The molecule has 1 rings (SSSR count). The molecular formula is C15H26. The number of hydrogen-bond acceptors (Lipinski definition) is 0. The zero-order valence-electron chi connectivity index (χ0n) is 10.6. The Hall–Kier alpha value is -0.520. The van der Waals surface area contributed by atoms with Gasteiger partial charge in [0.2, 0.25) is 0 Å². The van der Waals surface area contributed by atoms with E-state index in [1.165, 1.54) is 38.5 Å². The van der Waals surface area contributed by atoms with Gasteiger partial charge in [-0.05, 0) is 31.1 Å². The summed E-state index contributed by atoms with van der Waals surface area (Å²) in [5, 5.41) is 0. The van der Waals surface area contributed by atoms with Crippen molar-refractivity contribution in [3.63, 3.8) is 0 Å². The molecule has 0 aliphatic heterocycles. The molecule has 0 saturated heterocycles. The molecule has 0 spiro atoms. The zero-order chi connectivity index (χ0) is 11.1. The summed E-state index contributed by atoms with van der Waals surface area (Å²) in [6.07, 6.45) is 15.1. The molecule has 1 aliphatic carbocycles. The van der Waals surface area contributed by atoms with Gasteiger partial charge in [0.25, 0.3) is 0 Å². The van der Waals surface area contributed by atoms with E-state index < -0.39 is 0 Å². The average Bonchev–Trinajstić information content (AvgIpc) is 2.23. The normalized spacial score (nSPS) is 25.4. The maximum Gasteiger partial charge on any atom is -0.0137 e. The predicted octanol–water partition coefficient (Wildman–Crippen LogP) is 5.12. The lowest BCUT2D eigenvalue weighted by atomic mass is 9.76. The first-order valence-corrected chi connectivity index (χ1v) is 6.70. The molecule has 0 heterocycles. The van der Waals surface area contributed by atoms with Gasteiger partial charge in [-0.3, -0.25) is 0 Å². The van der Waals surface area contributed by atoms with Crippen molar-refractivity contribution in [1.82, 2.24) is 0 Å². The smallest absolute Gasteiger partial charge is 0.0137 e. The topological polar surface area (TPSA) is 0 Å². The van der Waals surface area contributed by atoms with Crippen molar-refractivity contribution in [2.45, 2.75) is 59.3 Å². The van der Waals surface area contributed by atoms with Crippen molar-refractivity contribution in [2.75, 3.05) is 0 Å². The minimum atomic E-state index is 0.821. The summed E-state index contributed by atoms with van der Waals surface area (Å²) in [6.45, 7) is 6.90. The number of rotatable bonds is 6. The third-order valence-corrected chi connectivity index (χ3v) is 3.42. The van der Waals surface area contributed by atoms with Crippen LogP contribution in [-0.2, 0) is 0 Å². The van der Waals surface area contributed by atoms with Crippen molar-refractivity contribution in [3.05, 3.63) is 23.8 Å². The van der Waals surface area contributed by atoms with Gasteiger partial charge < -0.3 is 0 Å². The van der Waals surface area contributed by atoms with Crippen molar-refractivity contribution >= 4 is 0 Å². The minimum Gasteiger partial charge on any atom is -0.0808 e. The minimum absolute atomic E-state index is 0.821. The lowest BCUT2D eigenvalue weighted by Crippen LogP contribution is -2.17. The molecule has 0 saturated carbocycles. The molecule has 0 aromatic rings. The van der Waals surface area contributed by atoms with Gasteiger partial charge in [0.1, 0.15) is 0 Å². The Morgan fingerprint density at radius 3 is 2.33 bits per heavy atom. The fraction of sp³-hybridized carbons (Fsp3) is 0.733. The number of allylic oxidation sites excluding steroid dienone is 4. The van der Waals surface area contributed by atoms with Crippen LogP contribution in [0.5, 0.6) is 0 Å². The highest BCUT2D eigenvalue weighted by Gasteiger charge is 2.22. The maximum absolute atomic E-state index is 2.43. The molecule has 0 radical (unpaired) electrons. The highest BCUT2D eigenvalue weighted by Crippen LogP contribution is 2.35. The molecule has 0 bridgehead atoms. The third-order valence-electron chi connectivity index (χ3n) is 3.42. The van der Waals surface area contributed by atoms with E-state index in [0.717, 1.165) is 11.8 Å². The van der Waals surface area contributed by atoms with Crippen LogP contribution in [0.15, 0.2) is 23.8 Å². The summed E-state index contributed by atoms with van der Waals surface area (Å²) in [5.41, 5.74) is 1.71. The van der Waals surface area contributed by atoms with Crippen LogP contribution >= 0.6 is 0 Å². The predicted molar refractivity (Wildman–Crippen MR) is 68.9 cm³/mol. The van der Waals surface area contributed by atoms with Gasteiger partial charge in [0.05, 0.1) is 0 Å². The lowest BCUT2D eigenvalue weighted by Gasteiger charge is -2.29. The Labute approximate surface area is 95.5 Å². The highest BCUT2D eigenvalue weighted by atomic mass is 14.3. The molecule has 0 amide bonds. The van der Waals surface area contributed by atoms with Gasteiger partial charge in [-0.1, -0.05) is 63.8 Å². The van der Waals surface area contributed by atoms with Crippen LogP contribution in [0.25, 0.3) is 0 Å². The highest BCUT2D eigenvalue weighted by molar-refractivity contribution is 5.23. The van der Waals surface area contributed by atoms with E-state index in [0.29, 0.717) is 0 Å². The maximum atomic E-state index is 2.43. The van der Waals surface area contributed by atoms with Crippen LogP contribution in [-0.4, -0.2) is 0 Å². The van der Waals surface area contributed by atoms with E-state index in [2.05, 4.69) is 39.0 Å². The molecule has 0 fully saturated rings.